The Labute approximate surface area is 79.9 Å². The van der Waals surface area contributed by atoms with Crippen LogP contribution in [-0.4, -0.2) is 35.5 Å². The van der Waals surface area contributed by atoms with Gasteiger partial charge in [0.05, 0.1) is 0 Å². The van der Waals surface area contributed by atoms with Crippen molar-refractivity contribution < 1.29 is 0 Å². The lowest BCUT2D eigenvalue weighted by molar-refractivity contribution is 0.226. The van der Waals surface area contributed by atoms with E-state index in [1.54, 1.807) is 0 Å². The number of piperidine rings is 1. The normalized spacial score (nSPS) is 28.8. The minimum atomic E-state index is 0.692. The molecule has 0 aromatic heterocycles. The highest BCUT2D eigenvalue weighted by atomic mass is 32.2. The van der Waals surface area contributed by atoms with Crippen LogP contribution in [0.15, 0.2) is 0 Å². The molecule has 0 bridgehead atoms. The summed E-state index contributed by atoms with van der Waals surface area (Å²) < 4.78 is 0.692. The number of hydrogen-bond acceptors (Lipinski definition) is 2. The van der Waals surface area contributed by atoms with Crippen LogP contribution in [0.4, 0.5) is 0 Å². The Hall–Kier alpha value is 0.310. The summed E-state index contributed by atoms with van der Waals surface area (Å²) >= 11 is 2.09. The van der Waals surface area contributed by atoms with Crippen molar-refractivity contribution in [2.75, 3.05) is 25.9 Å². The summed E-state index contributed by atoms with van der Waals surface area (Å²) in [5.41, 5.74) is 0. The third-order valence-electron chi connectivity index (χ3n) is 3.20. The first-order valence-electron chi connectivity index (χ1n) is 5.12. The van der Waals surface area contributed by atoms with E-state index in [-0.39, 0.29) is 0 Å². The number of hydrogen-bond donors (Lipinski definition) is 0. The molecule has 1 aliphatic heterocycles. The van der Waals surface area contributed by atoms with Gasteiger partial charge in [0.25, 0.3) is 0 Å². The lowest BCUT2D eigenvalue weighted by Crippen LogP contribution is -2.36. The molecule has 0 radical (unpaired) electrons. The fourth-order valence-electron chi connectivity index (χ4n) is 2.09. The molecular formula is C10H19NS. The van der Waals surface area contributed by atoms with Crippen LogP contribution >= 0.6 is 11.8 Å². The Morgan fingerprint density at radius 1 is 1.17 bits per heavy atom. The summed E-state index contributed by atoms with van der Waals surface area (Å²) in [5, 5.41) is 0. The maximum atomic E-state index is 2.67. The summed E-state index contributed by atoms with van der Waals surface area (Å²) in [6.45, 7) is 4.10. The molecule has 1 saturated heterocycles. The summed E-state index contributed by atoms with van der Waals surface area (Å²) in [4.78, 5) is 2.67. The molecule has 0 amide bonds. The van der Waals surface area contributed by atoms with Gasteiger partial charge < -0.3 is 4.90 Å². The van der Waals surface area contributed by atoms with Gasteiger partial charge in [-0.2, -0.15) is 11.8 Å². The first-order chi connectivity index (χ1) is 5.85. The van der Waals surface area contributed by atoms with Crippen molar-refractivity contribution in [3.63, 3.8) is 0 Å². The molecule has 2 fully saturated rings. The molecule has 1 heterocycles. The molecule has 0 N–H and O–H groups in total. The van der Waals surface area contributed by atoms with Crippen LogP contribution in [0.25, 0.3) is 0 Å². The highest BCUT2D eigenvalue weighted by Gasteiger charge is 2.43. The Bertz CT molecular complexity index is 148. The smallest absolute Gasteiger partial charge is 0.0285 e. The fraction of sp³-hybridized carbons (Fsp3) is 1.00. The summed E-state index contributed by atoms with van der Waals surface area (Å²) in [6, 6.07) is 0. The van der Waals surface area contributed by atoms with E-state index in [2.05, 4.69) is 22.9 Å². The molecule has 70 valence electrons. The van der Waals surface area contributed by atoms with Crippen LogP contribution in [0.1, 0.15) is 32.1 Å². The van der Waals surface area contributed by atoms with E-state index in [1.165, 1.54) is 51.7 Å². The number of nitrogens with zero attached hydrogens (tertiary/aromatic N) is 1. The van der Waals surface area contributed by atoms with Gasteiger partial charge in [-0.15, -0.1) is 0 Å². The fourth-order valence-corrected chi connectivity index (χ4v) is 2.91. The quantitative estimate of drug-likeness (QED) is 0.664. The Morgan fingerprint density at radius 3 is 2.33 bits per heavy atom. The van der Waals surface area contributed by atoms with Gasteiger partial charge in [-0.05, 0) is 45.0 Å². The second kappa shape index (κ2) is 3.59. The molecule has 2 rings (SSSR count). The summed E-state index contributed by atoms with van der Waals surface area (Å²) in [7, 11) is 0. The Kier molecular flexibility index (Phi) is 2.66. The molecule has 0 aromatic carbocycles. The van der Waals surface area contributed by atoms with Crippen LogP contribution in [0, 0.1) is 0 Å². The van der Waals surface area contributed by atoms with Crippen molar-refractivity contribution in [1.29, 1.82) is 0 Å². The minimum absolute atomic E-state index is 0.692. The molecular weight excluding hydrogens is 166 g/mol. The predicted molar refractivity (Wildman–Crippen MR) is 55.8 cm³/mol. The van der Waals surface area contributed by atoms with Gasteiger partial charge in [0.1, 0.15) is 0 Å². The first kappa shape index (κ1) is 8.89. The third kappa shape index (κ3) is 1.97. The lowest BCUT2D eigenvalue weighted by Gasteiger charge is -2.29. The van der Waals surface area contributed by atoms with Crippen molar-refractivity contribution in [3.05, 3.63) is 0 Å². The Morgan fingerprint density at radius 2 is 1.83 bits per heavy atom. The third-order valence-corrected chi connectivity index (χ3v) is 4.60. The van der Waals surface area contributed by atoms with Gasteiger partial charge in [0, 0.05) is 11.3 Å². The predicted octanol–water partition coefficient (Wildman–Crippen LogP) is 2.37. The van der Waals surface area contributed by atoms with Gasteiger partial charge in [-0.25, -0.2) is 0 Å². The highest BCUT2D eigenvalue weighted by Crippen LogP contribution is 2.47. The molecule has 2 aliphatic rings. The number of thioether (sulfide) groups is 1. The highest BCUT2D eigenvalue weighted by molar-refractivity contribution is 8.00. The van der Waals surface area contributed by atoms with Gasteiger partial charge in [-0.3, -0.25) is 0 Å². The topological polar surface area (TPSA) is 3.24 Å². The minimum Gasteiger partial charge on any atom is -0.302 e. The van der Waals surface area contributed by atoms with E-state index in [1.807, 2.05) is 0 Å². The van der Waals surface area contributed by atoms with Crippen molar-refractivity contribution in [3.8, 4) is 0 Å². The summed E-state index contributed by atoms with van der Waals surface area (Å²) in [6.07, 6.45) is 9.53. The average molecular weight is 185 g/mol. The number of likely N-dealkylation sites (tertiary alicyclic amines) is 1. The molecule has 0 atom stereocenters. The standard InChI is InChI=1S/C10H19NS/c1-12-10(5-6-10)9-11-7-3-2-4-8-11/h2-9H2,1H3. The largest absolute Gasteiger partial charge is 0.302 e. The molecule has 2 heteroatoms. The van der Waals surface area contributed by atoms with Crippen molar-refractivity contribution in [2.45, 2.75) is 36.9 Å². The maximum absolute atomic E-state index is 2.67. The van der Waals surface area contributed by atoms with Crippen LogP contribution in [-0.2, 0) is 0 Å². The van der Waals surface area contributed by atoms with Crippen molar-refractivity contribution in [2.24, 2.45) is 0 Å². The average Bonchev–Trinajstić information content (AvgIpc) is 2.88. The second-order valence-electron chi connectivity index (χ2n) is 4.22. The van der Waals surface area contributed by atoms with Crippen LogP contribution < -0.4 is 0 Å². The van der Waals surface area contributed by atoms with E-state index >= 15 is 0 Å². The summed E-state index contributed by atoms with van der Waals surface area (Å²) in [5.74, 6) is 0. The second-order valence-corrected chi connectivity index (χ2v) is 5.50. The van der Waals surface area contributed by atoms with Gasteiger partial charge >= 0.3 is 0 Å². The van der Waals surface area contributed by atoms with Crippen LogP contribution in [0.5, 0.6) is 0 Å². The zero-order valence-electron chi connectivity index (χ0n) is 8.01. The van der Waals surface area contributed by atoms with Crippen LogP contribution in [0.3, 0.4) is 0 Å². The SMILES string of the molecule is CSC1(CN2CCCCC2)CC1. The monoisotopic (exact) mass is 185 g/mol. The molecule has 1 nitrogen and oxygen atoms in total. The Balaban J connectivity index is 1.77. The van der Waals surface area contributed by atoms with Crippen LogP contribution in [0.2, 0.25) is 0 Å². The van der Waals surface area contributed by atoms with E-state index in [4.69, 9.17) is 0 Å². The van der Waals surface area contributed by atoms with E-state index in [0.717, 1.165) is 0 Å². The zero-order chi connectivity index (χ0) is 8.44. The molecule has 12 heavy (non-hydrogen) atoms. The van der Waals surface area contributed by atoms with Crippen molar-refractivity contribution >= 4 is 11.8 Å². The van der Waals surface area contributed by atoms with E-state index in [9.17, 15) is 0 Å². The van der Waals surface area contributed by atoms with Gasteiger partial charge in [0.2, 0.25) is 0 Å². The van der Waals surface area contributed by atoms with E-state index < -0.39 is 0 Å². The molecule has 0 aromatic rings. The zero-order valence-corrected chi connectivity index (χ0v) is 8.83. The number of rotatable bonds is 3. The molecule has 0 spiro atoms. The van der Waals surface area contributed by atoms with E-state index in [0.29, 0.717) is 4.75 Å². The van der Waals surface area contributed by atoms with Crippen molar-refractivity contribution in [1.82, 2.24) is 4.90 Å². The maximum Gasteiger partial charge on any atom is 0.0285 e. The molecule has 0 unspecified atom stereocenters. The van der Waals surface area contributed by atoms with Gasteiger partial charge in [0.15, 0.2) is 0 Å². The lowest BCUT2D eigenvalue weighted by atomic mass is 10.1. The molecule has 1 saturated carbocycles. The van der Waals surface area contributed by atoms with Gasteiger partial charge in [-0.1, -0.05) is 6.42 Å². The first-order valence-corrected chi connectivity index (χ1v) is 6.35. The molecule has 1 aliphatic carbocycles.